The third-order valence-corrected chi connectivity index (χ3v) is 4.80. The molecule has 1 N–H and O–H groups in total. The molecule has 3 rings (SSSR count). The zero-order chi connectivity index (χ0) is 19.6. The Morgan fingerprint density at radius 3 is 2.74 bits per heavy atom. The van der Waals surface area contributed by atoms with Gasteiger partial charge >= 0.3 is 11.9 Å². The van der Waals surface area contributed by atoms with Gasteiger partial charge in [-0.2, -0.15) is 0 Å². The third kappa shape index (κ3) is 3.92. The van der Waals surface area contributed by atoms with Crippen LogP contribution in [0.4, 0.5) is 0 Å². The lowest BCUT2D eigenvalue weighted by Gasteiger charge is -2.04. The third-order valence-electron chi connectivity index (χ3n) is 4.03. The molecular formula is C18H19N3O5S. The minimum atomic E-state index is -0.541. The number of carbonyl (C=O) groups is 3. The summed E-state index contributed by atoms with van der Waals surface area (Å²) in [5.74, 6) is -1.44. The van der Waals surface area contributed by atoms with Crippen molar-refractivity contribution in [2.24, 2.45) is 0 Å². The first-order valence-corrected chi connectivity index (χ1v) is 9.24. The minimum Gasteiger partial charge on any atom is -0.462 e. The van der Waals surface area contributed by atoms with Crippen LogP contribution in [0, 0.1) is 13.8 Å². The summed E-state index contributed by atoms with van der Waals surface area (Å²) in [5.41, 5.74) is 2.19. The lowest BCUT2D eigenvalue weighted by Crippen LogP contribution is -2.17. The Bertz CT molecular complexity index is 985. The standard InChI is InChI=1S/C18H19N3O5S/c1-4-25-17(24)15-10(2)16(19-11(15)3)13(22)9-26-14(23)7-12-8-21-5-6-27-18(21)20-12/h5-6,8,19H,4,7,9H2,1-3H3. The number of esters is 2. The van der Waals surface area contributed by atoms with Gasteiger partial charge in [-0.3, -0.25) is 14.0 Å². The molecule has 27 heavy (non-hydrogen) atoms. The summed E-state index contributed by atoms with van der Waals surface area (Å²) in [4.78, 5) is 44.4. The molecule has 0 fully saturated rings. The van der Waals surface area contributed by atoms with E-state index in [0.717, 1.165) is 4.96 Å². The number of ketones is 1. The Labute approximate surface area is 159 Å². The fourth-order valence-electron chi connectivity index (χ4n) is 2.82. The number of nitrogens with one attached hydrogen (secondary N) is 1. The van der Waals surface area contributed by atoms with Crippen LogP contribution in [-0.4, -0.2) is 45.3 Å². The zero-order valence-electron chi connectivity index (χ0n) is 15.2. The van der Waals surface area contributed by atoms with Crippen molar-refractivity contribution in [1.29, 1.82) is 0 Å². The van der Waals surface area contributed by atoms with Crippen molar-refractivity contribution in [3.63, 3.8) is 0 Å². The molecule has 0 aliphatic heterocycles. The average Bonchev–Trinajstić information content (AvgIpc) is 3.26. The molecule has 0 amide bonds. The summed E-state index contributed by atoms with van der Waals surface area (Å²) in [6.07, 6.45) is 3.58. The smallest absolute Gasteiger partial charge is 0.340 e. The normalized spacial score (nSPS) is 10.9. The Morgan fingerprint density at radius 1 is 1.26 bits per heavy atom. The Hall–Kier alpha value is -2.94. The van der Waals surface area contributed by atoms with Crippen molar-refractivity contribution in [3.05, 3.63) is 46.0 Å². The minimum absolute atomic E-state index is 0.0154. The fourth-order valence-corrected chi connectivity index (χ4v) is 3.54. The van der Waals surface area contributed by atoms with Crippen LogP contribution in [0.3, 0.4) is 0 Å². The zero-order valence-corrected chi connectivity index (χ0v) is 16.0. The predicted octanol–water partition coefficient (Wildman–Crippen LogP) is 2.49. The Morgan fingerprint density at radius 2 is 2.04 bits per heavy atom. The van der Waals surface area contributed by atoms with E-state index >= 15 is 0 Å². The molecule has 0 aromatic carbocycles. The number of nitrogens with zero attached hydrogens (tertiary/aromatic N) is 2. The molecule has 3 heterocycles. The molecule has 9 heteroatoms. The number of hydrogen-bond donors (Lipinski definition) is 1. The summed E-state index contributed by atoms with van der Waals surface area (Å²) in [6.45, 7) is 4.89. The summed E-state index contributed by atoms with van der Waals surface area (Å²) in [6, 6.07) is 0. The van der Waals surface area contributed by atoms with E-state index in [1.54, 1.807) is 27.0 Å². The van der Waals surface area contributed by atoms with Crippen LogP contribution >= 0.6 is 11.3 Å². The maximum absolute atomic E-state index is 12.4. The molecule has 0 bridgehead atoms. The van der Waals surface area contributed by atoms with Gasteiger partial charge in [0.2, 0.25) is 5.78 Å². The van der Waals surface area contributed by atoms with Gasteiger partial charge < -0.3 is 14.5 Å². The summed E-state index contributed by atoms with van der Waals surface area (Å²) < 4.78 is 11.9. The number of aryl methyl sites for hydroxylation is 1. The monoisotopic (exact) mass is 389 g/mol. The van der Waals surface area contributed by atoms with Crippen LogP contribution < -0.4 is 0 Å². The summed E-state index contributed by atoms with van der Waals surface area (Å²) in [5, 5.41) is 1.90. The van der Waals surface area contributed by atoms with Crippen molar-refractivity contribution in [2.45, 2.75) is 27.2 Å². The SMILES string of the molecule is CCOC(=O)c1c(C)[nH]c(C(=O)COC(=O)Cc2cn3ccsc3n2)c1C. The van der Waals surface area contributed by atoms with E-state index < -0.39 is 24.3 Å². The number of carbonyl (C=O) groups excluding carboxylic acids is 3. The highest BCUT2D eigenvalue weighted by atomic mass is 32.1. The van der Waals surface area contributed by atoms with Gasteiger partial charge in [0.05, 0.1) is 30.0 Å². The van der Waals surface area contributed by atoms with Gasteiger partial charge in [0, 0.05) is 23.5 Å². The van der Waals surface area contributed by atoms with E-state index in [1.165, 1.54) is 11.3 Å². The number of thiazole rings is 1. The first kappa shape index (κ1) is 18.8. The van der Waals surface area contributed by atoms with Crippen molar-refractivity contribution in [3.8, 4) is 0 Å². The first-order valence-electron chi connectivity index (χ1n) is 8.36. The van der Waals surface area contributed by atoms with Crippen LogP contribution in [-0.2, 0) is 20.7 Å². The van der Waals surface area contributed by atoms with E-state index in [4.69, 9.17) is 9.47 Å². The number of imidazole rings is 1. The molecule has 3 aromatic rings. The van der Waals surface area contributed by atoms with Crippen LogP contribution in [0.5, 0.6) is 0 Å². The second-order valence-electron chi connectivity index (χ2n) is 5.93. The molecule has 0 atom stereocenters. The number of aromatic amines is 1. The highest BCUT2D eigenvalue weighted by Gasteiger charge is 2.23. The quantitative estimate of drug-likeness (QED) is 0.492. The maximum atomic E-state index is 12.4. The topological polar surface area (TPSA) is 103 Å². The van der Waals surface area contributed by atoms with E-state index in [2.05, 4.69) is 9.97 Å². The maximum Gasteiger partial charge on any atom is 0.340 e. The second-order valence-corrected chi connectivity index (χ2v) is 6.80. The molecule has 0 aliphatic rings. The van der Waals surface area contributed by atoms with Crippen molar-refractivity contribution < 1.29 is 23.9 Å². The molecule has 0 saturated carbocycles. The van der Waals surface area contributed by atoms with Crippen LogP contribution in [0.25, 0.3) is 4.96 Å². The highest BCUT2D eigenvalue weighted by molar-refractivity contribution is 7.15. The number of H-pyrrole nitrogens is 1. The van der Waals surface area contributed by atoms with Crippen molar-refractivity contribution >= 4 is 34.0 Å². The number of rotatable bonds is 7. The molecule has 0 spiro atoms. The number of ether oxygens (including phenoxy) is 2. The van der Waals surface area contributed by atoms with Gasteiger partial charge in [-0.15, -0.1) is 11.3 Å². The molecular weight excluding hydrogens is 370 g/mol. The van der Waals surface area contributed by atoms with Crippen LogP contribution in [0.1, 0.15) is 44.7 Å². The number of hydrogen-bond acceptors (Lipinski definition) is 7. The first-order chi connectivity index (χ1) is 12.9. The van der Waals surface area contributed by atoms with E-state index in [0.29, 0.717) is 22.5 Å². The van der Waals surface area contributed by atoms with Crippen LogP contribution in [0.15, 0.2) is 17.8 Å². The summed E-state index contributed by atoms with van der Waals surface area (Å²) in [7, 11) is 0. The fraction of sp³-hybridized carbons (Fsp3) is 0.333. The lowest BCUT2D eigenvalue weighted by atomic mass is 10.1. The number of fused-ring (bicyclic) bond motifs is 1. The Balaban J connectivity index is 1.61. The average molecular weight is 389 g/mol. The highest BCUT2D eigenvalue weighted by Crippen LogP contribution is 2.20. The molecule has 0 unspecified atom stereocenters. The summed E-state index contributed by atoms with van der Waals surface area (Å²) >= 11 is 1.47. The molecule has 8 nitrogen and oxygen atoms in total. The van der Waals surface area contributed by atoms with Gasteiger partial charge in [0.15, 0.2) is 11.6 Å². The molecule has 3 aromatic heterocycles. The van der Waals surface area contributed by atoms with Gasteiger partial charge in [0.1, 0.15) is 0 Å². The van der Waals surface area contributed by atoms with E-state index in [1.807, 2.05) is 16.0 Å². The Kier molecular flexibility index (Phi) is 5.41. The lowest BCUT2D eigenvalue weighted by molar-refractivity contribution is -0.141. The van der Waals surface area contributed by atoms with E-state index in [9.17, 15) is 14.4 Å². The van der Waals surface area contributed by atoms with Gasteiger partial charge in [0.25, 0.3) is 0 Å². The second kappa shape index (κ2) is 7.75. The van der Waals surface area contributed by atoms with Gasteiger partial charge in [-0.1, -0.05) is 0 Å². The molecule has 0 radical (unpaired) electrons. The van der Waals surface area contributed by atoms with Crippen molar-refractivity contribution in [1.82, 2.24) is 14.4 Å². The number of aromatic nitrogens is 3. The van der Waals surface area contributed by atoms with Crippen LogP contribution in [0.2, 0.25) is 0 Å². The van der Waals surface area contributed by atoms with Crippen molar-refractivity contribution in [2.75, 3.05) is 13.2 Å². The van der Waals surface area contributed by atoms with Gasteiger partial charge in [-0.25, -0.2) is 9.78 Å². The molecule has 0 aliphatic carbocycles. The largest absolute Gasteiger partial charge is 0.462 e. The number of Topliss-reactive ketones (excluding diaryl/α,β-unsaturated/α-hetero) is 1. The molecule has 0 saturated heterocycles. The predicted molar refractivity (Wildman–Crippen MR) is 98.3 cm³/mol. The van der Waals surface area contributed by atoms with Gasteiger partial charge in [-0.05, 0) is 26.3 Å². The molecule has 142 valence electrons. The van der Waals surface area contributed by atoms with E-state index in [-0.39, 0.29) is 18.7 Å².